The van der Waals surface area contributed by atoms with Crippen molar-refractivity contribution < 1.29 is 49.0 Å². The summed E-state index contributed by atoms with van der Waals surface area (Å²) in [6, 6.07) is 2.34. The van der Waals surface area contributed by atoms with Crippen LogP contribution in [-0.2, 0) is 0 Å². The van der Waals surface area contributed by atoms with Crippen LogP contribution in [0.1, 0.15) is 70.0 Å². The molecule has 0 aliphatic carbocycles. The van der Waals surface area contributed by atoms with Crippen molar-refractivity contribution in [3.05, 3.63) is 67.8 Å². The van der Waals surface area contributed by atoms with Gasteiger partial charge >= 0.3 is 17.9 Å². The smallest absolute Gasteiger partial charge is 0.347 e. The van der Waals surface area contributed by atoms with E-state index in [9.17, 15) is 34.8 Å². The van der Waals surface area contributed by atoms with Crippen LogP contribution in [-0.4, -0.2) is 45.4 Å². The van der Waals surface area contributed by atoms with Crippen LogP contribution in [0.2, 0.25) is 0 Å². The largest absolute Gasteiger partial charge is 0.508 e. The maximum atomic E-state index is 13.5. The van der Waals surface area contributed by atoms with Gasteiger partial charge in [-0.05, 0) is 82.3 Å². The molecule has 0 unspecified atom stereocenters. The first-order valence-corrected chi connectivity index (χ1v) is 11.8. The van der Waals surface area contributed by atoms with E-state index in [0.29, 0.717) is 27.8 Å². The molecule has 10 nitrogen and oxygen atoms in total. The van der Waals surface area contributed by atoms with Gasteiger partial charge in [-0.2, -0.15) is 0 Å². The summed E-state index contributed by atoms with van der Waals surface area (Å²) in [5.41, 5.74) is 1.78. The van der Waals surface area contributed by atoms with Gasteiger partial charge in [-0.15, -0.1) is 0 Å². The topological polar surface area (TPSA) is 160 Å². The summed E-state index contributed by atoms with van der Waals surface area (Å²) < 4.78 is 16.9. The van der Waals surface area contributed by atoms with Gasteiger partial charge in [0, 0.05) is 17.2 Å². The average molecular weight is 539 g/mol. The number of ether oxygens (including phenoxy) is 3. The number of hydrogen-bond acceptors (Lipinski definition) is 9. The van der Waals surface area contributed by atoms with Crippen LogP contribution < -0.4 is 14.2 Å². The molecule has 39 heavy (non-hydrogen) atoms. The third-order valence-corrected chi connectivity index (χ3v) is 6.91. The number of aromatic hydroxyl groups is 3. The summed E-state index contributed by atoms with van der Waals surface area (Å²) in [4.78, 5) is 38.1. The van der Waals surface area contributed by atoms with Crippen molar-refractivity contribution >= 4 is 17.9 Å². The minimum atomic E-state index is -1.31. The molecule has 0 fully saturated rings. The maximum Gasteiger partial charge on any atom is 0.347 e. The van der Waals surface area contributed by atoms with Crippen LogP contribution in [0.4, 0.5) is 0 Å². The van der Waals surface area contributed by atoms with Gasteiger partial charge in [0.25, 0.3) is 0 Å². The third kappa shape index (κ3) is 4.93. The van der Waals surface area contributed by atoms with E-state index in [4.69, 9.17) is 14.2 Å². The fraction of sp³-hybridized carbons (Fsp3) is 0.276. The van der Waals surface area contributed by atoms with Gasteiger partial charge in [0.05, 0.1) is 7.11 Å². The Hall–Kier alpha value is -4.73. The molecule has 0 heterocycles. The van der Waals surface area contributed by atoms with Crippen LogP contribution >= 0.6 is 0 Å². The number of phenols is 3. The number of carbonyl (C=O) groups excluding carboxylic acids is 2. The van der Waals surface area contributed by atoms with E-state index in [-0.39, 0.29) is 50.8 Å². The van der Waals surface area contributed by atoms with Crippen molar-refractivity contribution in [3.63, 3.8) is 0 Å². The molecule has 0 atom stereocenters. The Kier molecular flexibility index (Phi) is 7.81. The molecule has 0 saturated heterocycles. The Morgan fingerprint density at radius 1 is 0.615 bits per heavy atom. The van der Waals surface area contributed by atoms with E-state index >= 15 is 0 Å². The van der Waals surface area contributed by atoms with E-state index in [0.717, 1.165) is 6.07 Å². The number of aromatic carboxylic acids is 1. The number of rotatable bonds is 6. The monoisotopic (exact) mass is 538 g/mol. The third-order valence-electron chi connectivity index (χ3n) is 6.91. The number of carboxylic acids is 1. The lowest BCUT2D eigenvalue weighted by atomic mass is 9.96. The highest BCUT2D eigenvalue weighted by Crippen LogP contribution is 2.42. The van der Waals surface area contributed by atoms with Gasteiger partial charge in [-0.25, -0.2) is 14.4 Å². The molecule has 0 spiro atoms. The summed E-state index contributed by atoms with van der Waals surface area (Å²) in [6.07, 6.45) is 0. The quantitative estimate of drug-likeness (QED) is 0.245. The van der Waals surface area contributed by atoms with Crippen molar-refractivity contribution in [1.29, 1.82) is 0 Å². The fourth-order valence-electron chi connectivity index (χ4n) is 4.58. The lowest BCUT2D eigenvalue weighted by Crippen LogP contribution is -2.18. The van der Waals surface area contributed by atoms with Crippen LogP contribution in [0.3, 0.4) is 0 Å². The van der Waals surface area contributed by atoms with Gasteiger partial charge in [0.1, 0.15) is 51.2 Å². The van der Waals surface area contributed by atoms with Crippen molar-refractivity contribution in [3.8, 4) is 34.5 Å². The first-order valence-electron chi connectivity index (χ1n) is 11.8. The van der Waals surface area contributed by atoms with Crippen LogP contribution in [0, 0.1) is 48.5 Å². The summed E-state index contributed by atoms with van der Waals surface area (Å²) in [6.45, 7) is 10.9. The lowest BCUT2D eigenvalue weighted by Gasteiger charge is -2.21. The molecule has 10 heteroatoms. The van der Waals surface area contributed by atoms with Crippen LogP contribution in [0.25, 0.3) is 0 Å². The van der Waals surface area contributed by atoms with Gasteiger partial charge in [-0.3, -0.25) is 0 Å². The van der Waals surface area contributed by atoms with Crippen molar-refractivity contribution in [2.45, 2.75) is 48.5 Å². The molecule has 0 saturated carbocycles. The predicted octanol–water partition coefficient (Wildman–Crippen LogP) is 5.11. The van der Waals surface area contributed by atoms with E-state index in [1.807, 2.05) is 0 Å². The summed E-state index contributed by atoms with van der Waals surface area (Å²) >= 11 is 0. The Balaban J connectivity index is 2.10. The second kappa shape index (κ2) is 10.6. The zero-order valence-electron chi connectivity index (χ0n) is 22.9. The molecule has 4 N–H and O–H groups in total. The number of hydrogen-bond donors (Lipinski definition) is 4. The SMILES string of the molecule is COc1c(C)c(OC(=O)c2c(C)cc(O)cc2O)c(C)c(C)c1C(=O)Oc1c(C)c(C)c(C(=O)O)c(O)c1C. The molecule has 0 aromatic heterocycles. The van der Waals surface area contributed by atoms with Crippen LogP contribution in [0.5, 0.6) is 34.5 Å². The van der Waals surface area contributed by atoms with Gasteiger partial charge < -0.3 is 34.6 Å². The predicted molar refractivity (Wildman–Crippen MR) is 141 cm³/mol. The molecule has 0 bridgehead atoms. The second-order valence-corrected chi connectivity index (χ2v) is 9.28. The lowest BCUT2D eigenvalue weighted by molar-refractivity contribution is 0.0689. The zero-order chi connectivity index (χ0) is 29.5. The summed E-state index contributed by atoms with van der Waals surface area (Å²) in [5, 5.41) is 39.8. The highest BCUT2D eigenvalue weighted by Gasteiger charge is 2.30. The van der Waals surface area contributed by atoms with Crippen molar-refractivity contribution in [1.82, 2.24) is 0 Å². The molecule has 0 aliphatic heterocycles. The molecule has 0 aliphatic rings. The molecule has 0 radical (unpaired) electrons. The number of carboxylic acid groups (broad SMARTS) is 1. The number of aryl methyl sites for hydroxylation is 1. The maximum absolute atomic E-state index is 13.5. The highest BCUT2D eigenvalue weighted by atomic mass is 16.5. The number of benzene rings is 3. The number of esters is 2. The van der Waals surface area contributed by atoms with Gasteiger partial charge in [-0.1, -0.05) is 0 Å². The van der Waals surface area contributed by atoms with Gasteiger partial charge in [0.15, 0.2) is 0 Å². The summed E-state index contributed by atoms with van der Waals surface area (Å²) in [7, 11) is 1.34. The standard InChI is InChI=1S/C29H30O10/c1-11-9-18(30)10-19(31)20(11)28(35)39-25-15(5)13(3)22(26(37-8)17(25)7)29(36)38-24-14(4)12(2)21(27(33)34)23(32)16(24)6/h9-10,30-32H,1-8H3,(H,33,34). The van der Waals surface area contributed by atoms with E-state index in [1.165, 1.54) is 33.9 Å². The fourth-order valence-corrected chi connectivity index (χ4v) is 4.58. The number of methoxy groups -OCH3 is 1. The minimum absolute atomic E-state index is 0.0190. The Labute approximate surface area is 225 Å². The molecular formula is C29H30O10. The molecule has 3 aromatic rings. The van der Waals surface area contributed by atoms with Crippen molar-refractivity contribution in [2.75, 3.05) is 7.11 Å². The molecular weight excluding hydrogens is 508 g/mol. The molecule has 206 valence electrons. The average Bonchev–Trinajstić information content (AvgIpc) is 2.84. The van der Waals surface area contributed by atoms with Crippen LogP contribution in [0.15, 0.2) is 12.1 Å². The molecule has 3 aromatic carbocycles. The first kappa shape index (κ1) is 28.8. The van der Waals surface area contributed by atoms with Gasteiger partial charge in [0.2, 0.25) is 0 Å². The Morgan fingerprint density at radius 2 is 1.10 bits per heavy atom. The second-order valence-electron chi connectivity index (χ2n) is 9.28. The van der Waals surface area contributed by atoms with E-state index in [2.05, 4.69) is 0 Å². The Morgan fingerprint density at radius 3 is 1.59 bits per heavy atom. The van der Waals surface area contributed by atoms with E-state index in [1.54, 1.807) is 27.7 Å². The number of phenolic OH excluding ortho intramolecular Hbond substituents is 2. The summed E-state index contributed by atoms with van der Waals surface area (Å²) in [5.74, 6) is -3.95. The zero-order valence-corrected chi connectivity index (χ0v) is 22.9. The van der Waals surface area contributed by atoms with E-state index < -0.39 is 29.4 Å². The van der Waals surface area contributed by atoms with Crippen molar-refractivity contribution in [2.24, 2.45) is 0 Å². The highest BCUT2D eigenvalue weighted by molar-refractivity contribution is 6.00. The first-order chi connectivity index (χ1) is 18.1. The molecule has 0 amide bonds. The minimum Gasteiger partial charge on any atom is -0.508 e. The normalized spacial score (nSPS) is 10.8. The number of carbonyl (C=O) groups is 3. The Bertz CT molecular complexity index is 1500. The molecule has 3 rings (SSSR count).